The first-order valence-corrected chi connectivity index (χ1v) is 7.06. The second-order valence-corrected chi connectivity index (χ2v) is 4.87. The first kappa shape index (κ1) is 15.2. The summed E-state index contributed by atoms with van der Waals surface area (Å²) in [6, 6.07) is 0. The number of anilines is 2. The predicted octanol–water partition coefficient (Wildman–Crippen LogP) is 0.853. The van der Waals surface area contributed by atoms with E-state index >= 15 is 0 Å². The number of nitrogens with zero attached hydrogens (tertiary/aromatic N) is 6. The molecule has 0 atom stereocenters. The van der Waals surface area contributed by atoms with Crippen LogP contribution < -0.4 is 10.6 Å². The van der Waals surface area contributed by atoms with Crippen LogP contribution in [0.3, 0.4) is 0 Å². The van der Waals surface area contributed by atoms with E-state index in [-0.39, 0.29) is 0 Å². The zero-order chi connectivity index (χ0) is 15.1. The molecule has 0 amide bonds. The zero-order valence-electron chi connectivity index (χ0n) is 12.7. The van der Waals surface area contributed by atoms with Gasteiger partial charge in [0.15, 0.2) is 0 Å². The van der Waals surface area contributed by atoms with Crippen molar-refractivity contribution in [2.24, 2.45) is 0 Å². The van der Waals surface area contributed by atoms with E-state index in [1.165, 1.54) is 0 Å². The lowest BCUT2D eigenvalue weighted by Crippen LogP contribution is -2.18. The molecule has 0 aromatic carbocycles. The molecule has 0 saturated carbocycles. The Bertz CT molecular complexity index is 537. The smallest absolute Gasteiger partial charge is 0.241 e. The summed E-state index contributed by atoms with van der Waals surface area (Å²) in [6.07, 6.45) is 6.19. The number of nitrogens with one attached hydrogen (secondary N) is 2. The molecule has 0 aliphatic heterocycles. The zero-order valence-corrected chi connectivity index (χ0v) is 12.7. The highest BCUT2D eigenvalue weighted by atomic mass is 15.3. The summed E-state index contributed by atoms with van der Waals surface area (Å²) in [6.45, 7) is 4.60. The van der Waals surface area contributed by atoms with Crippen LogP contribution in [-0.2, 0) is 0 Å². The molecule has 2 N–H and O–H groups in total. The van der Waals surface area contributed by atoms with Gasteiger partial charge in [0.25, 0.3) is 0 Å². The molecule has 2 heterocycles. The number of imidazole rings is 1. The number of hydrogen-bond acceptors (Lipinski definition) is 7. The summed E-state index contributed by atoms with van der Waals surface area (Å²) in [5.74, 6) is 1.68. The van der Waals surface area contributed by atoms with Gasteiger partial charge < -0.3 is 15.5 Å². The van der Waals surface area contributed by atoms with Crippen molar-refractivity contribution in [1.29, 1.82) is 0 Å². The van der Waals surface area contributed by atoms with Crippen LogP contribution in [-0.4, -0.2) is 63.1 Å². The normalized spacial score (nSPS) is 10.9. The van der Waals surface area contributed by atoms with Gasteiger partial charge in [0.1, 0.15) is 6.33 Å². The van der Waals surface area contributed by atoms with Gasteiger partial charge in [-0.15, -0.1) is 0 Å². The Balaban J connectivity index is 2.08. The van der Waals surface area contributed by atoms with Crippen molar-refractivity contribution in [2.75, 3.05) is 44.4 Å². The van der Waals surface area contributed by atoms with Crippen LogP contribution in [0.15, 0.2) is 18.7 Å². The molecule has 2 aromatic rings. The fourth-order valence-corrected chi connectivity index (χ4v) is 1.77. The highest BCUT2D eigenvalue weighted by Gasteiger charge is 2.07. The van der Waals surface area contributed by atoms with Crippen LogP contribution in [0.4, 0.5) is 11.9 Å². The highest BCUT2D eigenvalue weighted by Crippen LogP contribution is 2.09. The third-order valence-corrected chi connectivity index (χ3v) is 2.76. The van der Waals surface area contributed by atoms with Crippen molar-refractivity contribution in [3.05, 3.63) is 18.7 Å². The van der Waals surface area contributed by atoms with Gasteiger partial charge in [0.2, 0.25) is 17.8 Å². The maximum atomic E-state index is 4.41. The molecule has 0 aliphatic carbocycles. The summed E-state index contributed by atoms with van der Waals surface area (Å²) >= 11 is 0. The average Bonchev–Trinajstić information content (AvgIpc) is 2.98. The minimum absolute atomic E-state index is 0.550. The SMILES string of the molecule is CCNc1nc(NCCCN(C)C)nc(-n2ccnc2)n1. The lowest BCUT2D eigenvalue weighted by molar-refractivity contribution is 0.405. The van der Waals surface area contributed by atoms with Crippen LogP contribution >= 0.6 is 0 Å². The molecule has 0 bridgehead atoms. The molecule has 0 saturated heterocycles. The molecule has 0 radical (unpaired) electrons. The van der Waals surface area contributed by atoms with Crippen molar-refractivity contribution >= 4 is 11.9 Å². The summed E-state index contributed by atoms with van der Waals surface area (Å²) in [7, 11) is 4.12. The molecule has 21 heavy (non-hydrogen) atoms. The third kappa shape index (κ3) is 4.67. The summed E-state index contributed by atoms with van der Waals surface area (Å²) < 4.78 is 1.76. The Kier molecular flexibility index (Phi) is 5.44. The summed E-state index contributed by atoms with van der Waals surface area (Å²) in [5, 5.41) is 6.35. The Morgan fingerprint density at radius 3 is 2.52 bits per heavy atom. The van der Waals surface area contributed by atoms with Gasteiger partial charge in [-0.25, -0.2) is 4.98 Å². The Labute approximate surface area is 124 Å². The van der Waals surface area contributed by atoms with E-state index in [0.717, 1.165) is 26.1 Å². The molecule has 8 nitrogen and oxygen atoms in total. The lowest BCUT2D eigenvalue weighted by Gasteiger charge is -2.11. The van der Waals surface area contributed by atoms with Crippen molar-refractivity contribution < 1.29 is 0 Å². The van der Waals surface area contributed by atoms with E-state index in [1.807, 2.05) is 6.92 Å². The molecule has 2 aromatic heterocycles. The number of hydrogen-bond donors (Lipinski definition) is 2. The van der Waals surface area contributed by atoms with Gasteiger partial charge in [-0.05, 0) is 34.0 Å². The monoisotopic (exact) mass is 290 g/mol. The minimum atomic E-state index is 0.550. The highest BCUT2D eigenvalue weighted by molar-refractivity contribution is 5.37. The van der Waals surface area contributed by atoms with E-state index in [0.29, 0.717) is 17.8 Å². The molecule has 8 heteroatoms. The molecule has 114 valence electrons. The van der Waals surface area contributed by atoms with Gasteiger partial charge in [-0.2, -0.15) is 15.0 Å². The molecule has 0 aliphatic rings. The van der Waals surface area contributed by atoms with Crippen LogP contribution in [0, 0.1) is 0 Å². The Morgan fingerprint density at radius 1 is 1.14 bits per heavy atom. The van der Waals surface area contributed by atoms with Crippen molar-refractivity contribution in [3.8, 4) is 5.95 Å². The van der Waals surface area contributed by atoms with E-state index in [2.05, 4.69) is 49.6 Å². The van der Waals surface area contributed by atoms with Crippen LogP contribution in [0.1, 0.15) is 13.3 Å². The minimum Gasteiger partial charge on any atom is -0.354 e. The van der Waals surface area contributed by atoms with E-state index < -0.39 is 0 Å². The van der Waals surface area contributed by atoms with Gasteiger partial charge in [0, 0.05) is 25.5 Å². The first-order chi connectivity index (χ1) is 10.2. The second kappa shape index (κ2) is 7.53. The largest absolute Gasteiger partial charge is 0.354 e. The van der Waals surface area contributed by atoms with Crippen LogP contribution in [0.2, 0.25) is 0 Å². The van der Waals surface area contributed by atoms with E-state index in [4.69, 9.17) is 0 Å². The summed E-state index contributed by atoms with van der Waals surface area (Å²) in [5.41, 5.74) is 0. The Morgan fingerprint density at radius 2 is 1.90 bits per heavy atom. The molecule has 0 fully saturated rings. The van der Waals surface area contributed by atoms with Gasteiger partial charge >= 0.3 is 0 Å². The van der Waals surface area contributed by atoms with Gasteiger partial charge in [-0.3, -0.25) is 4.57 Å². The van der Waals surface area contributed by atoms with E-state index in [9.17, 15) is 0 Å². The number of aromatic nitrogens is 5. The average molecular weight is 290 g/mol. The molecule has 2 rings (SSSR count). The van der Waals surface area contributed by atoms with E-state index in [1.54, 1.807) is 23.3 Å². The predicted molar refractivity (Wildman–Crippen MR) is 82.8 cm³/mol. The standard InChI is InChI=1S/C13H22N8/c1-4-15-11-17-12(16-6-5-8-20(2)3)19-13(18-11)21-9-7-14-10-21/h7,9-10H,4-6,8H2,1-3H3,(H2,15,16,17,18,19). The molecule has 0 spiro atoms. The molecular formula is C13H22N8. The lowest BCUT2D eigenvalue weighted by atomic mass is 10.4. The fourth-order valence-electron chi connectivity index (χ4n) is 1.77. The third-order valence-electron chi connectivity index (χ3n) is 2.76. The maximum absolute atomic E-state index is 4.41. The quantitative estimate of drug-likeness (QED) is 0.697. The van der Waals surface area contributed by atoms with Crippen molar-refractivity contribution in [3.63, 3.8) is 0 Å². The molecule has 0 unspecified atom stereocenters. The maximum Gasteiger partial charge on any atom is 0.241 e. The molecular weight excluding hydrogens is 268 g/mol. The van der Waals surface area contributed by atoms with Crippen LogP contribution in [0.25, 0.3) is 5.95 Å². The fraction of sp³-hybridized carbons (Fsp3) is 0.538. The van der Waals surface area contributed by atoms with Crippen molar-refractivity contribution in [1.82, 2.24) is 29.4 Å². The van der Waals surface area contributed by atoms with Gasteiger partial charge in [-0.1, -0.05) is 0 Å². The number of rotatable bonds is 8. The second-order valence-electron chi connectivity index (χ2n) is 4.87. The first-order valence-electron chi connectivity index (χ1n) is 7.06. The van der Waals surface area contributed by atoms with Crippen molar-refractivity contribution in [2.45, 2.75) is 13.3 Å². The van der Waals surface area contributed by atoms with Gasteiger partial charge in [0.05, 0.1) is 0 Å². The Hall–Kier alpha value is -2.22. The topological polar surface area (TPSA) is 83.8 Å². The summed E-state index contributed by atoms with van der Waals surface area (Å²) in [4.78, 5) is 19.3. The van der Waals surface area contributed by atoms with Crippen LogP contribution in [0.5, 0.6) is 0 Å².